The zero-order valence-electron chi connectivity index (χ0n) is 8.78. The number of ether oxygens (including phenoxy) is 1. The third-order valence-electron chi connectivity index (χ3n) is 2.56. The predicted octanol–water partition coefficient (Wildman–Crippen LogP) is 2.91. The van der Waals surface area contributed by atoms with Crippen LogP contribution in [0.2, 0.25) is 0 Å². The molecule has 0 saturated carbocycles. The van der Waals surface area contributed by atoms with Crippen molar-refractivity contribution < 1.29 is 4.74 Å². The van der Waals surface area contributed by atoms with Gasteiger partial charge in [0.25, 0.3) is 0 Å². The average molecular weight is 291 g/mol. The third kappa shape index (κ3) is 2.92. The van der Waals surface area contributed by atoms with E-state index in [1.54, 1.807) is 11.3 Å². The fourth-order valence-corrected chi connectivity index (χ4v) is 3.09. The van der Waals surface area contributed by atoms with E-state index in [-0.39, 0.29) is 0 Å². The highest BCUT2D eigenvalue weighted by molar-refractivity contribution is 9.10. The quantitative estimate of drug-likeness (QED) is 0.853. The summed E-state index contributed by atoms with van der Waals surface area (Å²) in [5.41, 5.74) is 0. The van der Waals surface area contributed by atoms with Gasteiger partial charge in [-0.3, -0.25) is 0 Å². The maximum atomic E-state index is 5.64. The molecule has 1 aliphatic rings. The lowest BCUT2D eigenvalue weighted by atomic mass is 10.2. The first-order valence-electron chi connectivity index (χ1n) is 5.27. The molecular weight excluding hydrogens is 276 g/mol. The van der Waals surface area contributed by atoms with E-state index >= 15 is 0 Å². The van der Waals surface area contributed by atoms with Crippen molar-refractivity contribution in [1.29, 1.82) is 0 Å². The van der Waals surface area contributed by atoms with Gasteiger partial charge in [-0.2, -0.15) is 0 Å². The van der Waals surface area contributed by atoms with Crippen LogP contribution < -0.4 is 4.90 Å². The maximum absolute atomic E-state index is 5.64. The topological polar surface area (TPSA) is 25.4 Å². The number of likely N-dealkylation sites (N-methyl/N-ethyl adjacent to an activating group) is 1. The Balaban J connectivity index is 1.97. The molecule has 2 heterocycles. The lowest BCUT2D eigenvalue weighted by Crippen LogP contribution is -2.31. The number of rotatable bonds is 4. The number of halogens is 1. The van der Waals surface area contributed by atoms with Gasteiger partial charge in [-0.05, 0) is 35.7 Å². The van der Waals surface area contributed by atoms with Crippen molar-refractivity contribution in [1.82, 2.24) is 4.98 Å². The van der Waals surface area contributed by atoms with Crippen molar-refractivity contribution in [2.75, 3.05) is 24.6 Å². The second-order valence-corrected chi connectivity index (χ2v) is 5.28. The second-order valence-electron chi connectivity index (χ2n) is 3.63. The maximum Gasteiger partial charge on any atom is 0.186 e. The van der Waals surface area contributed by atoms with Crippen molar-refractivity contribution in [3.05, 3.63) is 9.98 Å². The first-order chi connectivity index (χ1) is 7.29. The SMILES string of the molecule is CCN(CC1CCCO1)c1nc(Br)cs1. The normalized spacial score (nSPS) is 20.8. The predicted molar refractivity (Wildman–Crippen MR) is 66.7 cm³/mol. The Hall–Kier alpha value is -0.130. The fourth-order valence-electron chi connectivity index (χ4n) is 1.77. The number of anilines is 1. The summed E-state index contributed by atoms with van der Waals surface area (Å²) in [7, 11) is 0. The number of aromatic nitrogens is 1. The van der Waals surface area contributed by atoms with Gasteiger partial charge in [0.2, 0.25) is 0 Å². The van der Waals surface area contributed by atoms with Crippen molar-refractivity contribution in [3.8, 4) is 0 Å². The Labute approximate surface area is 103 Å². The molecule has 0 bridgehead atoms. The van der Waals surface area contributed by atoms with Crippen LogP contribution in [0, 0.1) is 0 Å². The molecule has 1 aromatic rings. The van der Waals surface area contributed by atoms with Gasteiger partial charge >= 0.3 is 0 Å². The molecule has 5 heteroatoms. The second kappa shape index (κ2) is 5.27. The Morgan fingerprint density at radius 3 is 3.13 bits per heavy atom. The molecule has 0 N–H and O–H groups in total. The first-order valence-corrected chi connectivity index (χ1v) is 6.94. The van der Waals surface area contributed by atoms with Crippen molar-refractivity contribution in [2.45, 2.75) is 25.9 Å². The lowest BCUT2D eigenvalue weighted by molar-refractivity contribution is 0.115. The third-order valence-corrected chi connectivity index (χ3v) is 4.17. The Morgan fingerprint density at radius 2 is 2.60 bits per heavy atom. The van der Waals surface area contributed by atoms with Gasteiger partial charge < -0.3 is 9.64 Å². The van der Waals surface area contributed by atoms with Gasteiger partial charge in [-0.1, -0.05) is 0 Å². The lowest BCUT2D eigenvalue weighted by Gasteiger charge is -2.22. The number of hydrogen-bond donors (Lipinski definition) is 0. The Morgan fingerprint density at radius 1 is 1.73 bits per heavy atom. The van der Waals surface area contributed by atoms with Crippen LogP contribution in [0.15, 0.2) is 9.98 Å². The van der Waals surface area contributed by atoms with Gasteiger partial charge in [0.15, 0.2) is 5.13 Å². The van der Waals surface area contributed by atoms with Gasteiger partial charge in [0, 0.05) is 25.1 Å². The molecule has 1 unspecified atom stereocenters. The molecule has 2 rings (SSSR count). The summed E-state index contributed by atoms with van der Waals surface area (Å²) in [4.78, 5) is 6.71. The minimum atomic E-state index is 0.396. The first kappa shape index (κ1) is 11.4. The van der Waals surface area contributed by atoms with Crippen molar-refractivity contribution in [2.24, 2.45) is 0 Å². The average Bonchev–Trinajstić information content (AvgIpc) is 2.85. The molecular formula is C10H15BrN2OS. The Bertz CT molecular complexity index is 312. The molecule has 1 saturated heterocycles. The molecule has 1 aliphatic heterocycles. The van der Waals surface area contributed by atoms with Gasteiger partial charge in [0.05, 0.1) is 6.10 Å². The molecule has 15 heavy (non-hydrogen) atoms. The summed E-state index contributed by atoms with van der Waals surface area (Å²) >= 11 is 5.06. The molecule has 1 aromatic heterocycles. The van der Waals surface area contributed by atoms with Crippen LogP contribution in [0.3, 0.4) is 0 Å². The highest BCUT2D eigenvalue weighted by atomic mass is 79.9. The smallest absolute Gasteiger partial charge is 0.186 e. The monoisotopic (exact) mass is 290 g/mol. The summed E-state index contributed by atoms with van der Waals surface area (Å²) in [5, 5.41) is 3.10. The van der Waals surface area contributed by atoms with Gasteiger partial charge in [-0.25, -0.2) is 4.98 Å². The zero-order valence-corrected chi connectivity index (χ0v) is 11.2. The van der Waals surface area contributed by atoms with E-state index in [4.69, 9.17) is 4.74 Å². The highest BCUT2D eigenvalue weighted by Gasteiger charge is 2.19. The summed E-state index contributed by atoms with van der Waals surface area (Å²) < 4.78 is 6.56. The van der Waals surface area contributed by atoms with Crippen LogP contribution in [0.4, 0.5) is 5.13 Å². The van der Waals surface area contributed by atoms with Crippen molar-refractivity contribution in [3.63, 3.8) is 0 Å². The molecule has 3 nitrogen and oxygen atoms in total. The van der Waals surface area contributed by atoms with Crippen LogP contribution in [0.1, 0.15) is 19.8 Å². The molecule has 0 radical (unpaired) electrons. The van der Waals surface area contributed by atoms with E-state index in [2.05, 4.69) is 32.7 Å². The van der Waals surface area contributed by atoms with Crippen LogP contribution in [-0.2, 0) is 4.74 Å². The summed E-state index contributed by atoms with van der Waals surface area (Å²) in [6, 6.07) is 0. The van der Waals surface area contributed by atoms with Crippen LogP contribution in [-0.4, -0.2) is 30.8 Å². The highest BCUT2D eigenvalue weighted by Crippen LogP contribution is 2.25. The molecule has 0 amide bonds. The summed E-state index contributed by atoms with van der Waals surface area (Å²) in [6.45, 7) is 5.03. The zero-order chi connectivity index (χ0) is 10.7. The van der Waals surface area contributed by atoms with E-state index in [0.29, 0.717) is 6.10 Å². The van der Waals surface area contributed by atoms with E-state index in [0.717, 1.165) is 29.4 Å². The summed E-state index contributed by atoms with van der Waals surface area (Å²) in [6.07, 6.45) is 2.78. The Kier molecular flexibility index (Phi) is 3.99. The molecule has 1 atom stereocenters. The standard InChI is InChI=1S/C10H15BrN2OS/c1-2-13(6-8-4-3-5-14-8)10-12-9(11)7-15-10/h7-8H,2-6H2,1H3. The summed E-state index contributed by atoms with van der Waals surface area (Å²) in [5.74, 6) is 0. The molecule has 0 aliphatic carbocycles. The van der Waals surface area contributed by atoms with E-state index < -0.39 is 0 Å². The molecule has 84 valence electrons. The van der Waals surface area contributed by atoms with Crippen molar-refractivity contribution >= 4 is 32.4 Å². The number of hydrogen-bond acceptors (Lipinski definition) is 4. The van der Waals surface area contributed by atoms with Gasteiger partial charge in [-0.15, -0.1) is 11.3 Å². The van der Waals surface area contributed by atoms with Crippen LogP contribution >= 0.6 is 27.3 Å². The van der Waals surface area contributed by atoms with E-state index in [1.165, 1.54) is 12.8 Å². The van der Waals surface area contributed by atoms with Crippen LogP contribution in [0.25, 0.3) is 0 Å². The molecule has 0 spiro atoms. The minimum Gasteiger partial charge on any atom is -0.376 e. The van der Waals surface area contributed by atoms with E-state index in [9.17, 15) is 0 Å². The number of thiazole rings is 1. The largest absolute Gasteiger partial charge is 0.376 e. The van der Waals surface area contributed by atoms with E-state index in [1.807, 2.05) is 5.38 Å². The molecule has 0 aromatic carbocycles. The number of nitrogens with zero attached hydrogens (tertiary/aromatic N) is 2. The fraction of sp³-hybridized carbons (Fsp3) is 0.700. The van der Waals surface area contributed by atoms with Gasteiger partial charge in [0.1, 0.15) is 4.60 Å². The molecule has 1 fully saturated rings. The minimum absolute atomic E-state index is 0.396. The van der Waals surface area contributed by atoms with Crippen LogP contribution in [0.5, 0.6) is 0 Å².